The van der Waals surface area contributed by atoms with Crippen molar-refractivity contribution < 1.29 is 4.74 Å². The van der Waals surface area contributed by atoms with Gasteiger partial charge in [0.2, 0.25) is 0 Å². The summed E-state index contributed by atoms with van der Waals surface area (Å²) in [6.45, 7) is 6.72. The topological polar surface area (TPSA) is 24.5 Å². The predicted molar refractivity (Wildman–Crippen MR) is 62.0 cm³/mol. The zero-order valence-electron chi connectivity index (χ0n) is 10.0. The molecule has 3 unspecified atom stereocenters. The van der Waals surface area contributed by atoms with Crippen molar-refractivity contribution in [2.45, 2.75) is 38.3 Å². The van der Waals surface area contributed by atoms with Crippen molar-refractivity contribution in [2.75, 3.05) is 33.4 Å². The molecular weight excluding hydrogens is 188 g/mol. The van der Waals surface area contributed by atoms with Crippen LogP contribution in [0.25, 0.3) is 0 Å². The third kappa shape index (κ3) is 2.71. The summed E-state index contributed by atoms with van der Waals surface area (Å²) >= 11 is 0. The van der Waals surface area contributed by atoms with Crippen LogP contribution in [-0.4, -0.2) is 50.3 Å². The zero-order valence-corrected chi connectivity index (χ0v) is 10.0. The van der Waals surface area contributed by atoms with Crippen molar-refractivity contribution in [3.63, 3.8) is 0 Å². The fourth-order valence-corrected chi connectivity index (χ4v) is 2.92. The molecule has 0 amide bonds. The van der Waals surface area contributed by atoms with Gasteiger partial charge in [-0.15, -0.1) is 0 Å². The Balaban J connectivity index is 1.85. The van der Waals surface area contributed by atoms with Gasteiger partial charge in [0.15, 0.2) is 0 Å². The third-order valence-electron chi connectivity index (χ3n) is 4.00. The molecule has 0 spiro atoms. The molecule has 3 atom stereocenters. The minimum atomic E-state index is 0.659. The molecule has 88 valence electrons. The number of rotatable bonds is 3. The number of hydrogen-bond acceptors (Lipinski definition) is 3. The summed E-state index contributed by atoms with van der Waals surface area (Å²) in [6, 6.07) is 1.44. The average molecular weight is 212 g/mol. The van der Waals surface area contributed by atoms with Gasteiger partial charge in [-0.1, -0.05) is 0 Å². The molecule has 2 saturated heterocycles. The van der Waals surface area contributed by atoms with E-state index in [1.54, 1.807) is 0 Å². The first-order chi connectivity index (χ1) is 7.31. The quantitative estimate of drug-likeness (QED) is 0.758. The minimum absolute atomic E-state index is 0.659. The largest absolute Gasteiger partial charge is 0.381 e. The van der Waals surface area contributed by atoms with Crippen molar-refractivity contribution in [3.8, 4) is 0 Å². The van der Waals surface area contributed by atoms with E-state index in [2.05, 4.69) is 24.2 Å². The average Bonchev–Trinajstić information content (AvgIpc) is 2.65. The van der Waals surface area contributed by atoms with Gasteiger partial charge in [-0.2, -0.15) is 0 Å². The molecule has 0 aromatic carbocycles. The van der Waals surface area contributed by atoms with Crippen molar-refractivity contribution in [1.29, 1.82) is 0 Å². The van der Waals surface area contributed by atoms with E-state index in [0.29, 0.717) is 12.0 Å². The summed E-state index contributed by atoms with van der Waals surface area (Å²) in [6.07, 6.45) is 3.92. The van der Waals surface area contributed by atoms with E-state index < -0.39 is 0 Å². The number of hydrogen-bond donors (Lipinski definition) is 1. The lowest BCUT2D eigenvalue weighted by Gasteiger charge is -2.35. The third-order valence-corrected chi connectivity index (χ3v) is 4.00. The van der Waals surface area contributed by atoms with E-state index in [1.165, 1.54) is 32.4 Å². The summed E-state index contributed by atoms with van der Waals surface area (Å²) in [7, 11) is 2.08. The monoisotopic (exact) mass is 212 g/mol. The maximum absolute atomic E-state index is 5.59. The number of nitrogens with zero attached hydrogens (tertiary/aromatic N) is 1. The van der Waals surface area contributed by atoms with E-state index in [-0.39, 0.29) is 0 Å². The first-order valence-electron chi connectivity index (χ1n) is 6.30. The molecule has 1 N–H and O–H groups in total. The lowest BCUT2D eigenvalue weighted by atomic mass is 9.95. The molecule has 2 fully saturated rings. The molecule has 2 aliphatic heterocycles. The second-order valence-corrected chi connectivity index (χ2v) is 5.01. The highest BCUT2D eigenvalue weighted by atomic mass is 16.5. The van der Waals surface area contributed by atoms with Crippen LogP contribution in [-0.2, 0) is 4.74 Å². The fraction of sp³-hybridized carbons (Fsp3) is 1.00. The highest BCUT2D eigenvalue weighted by Gasteiger charge is 2.29. The Morgan fingerprint density at radius 1 is 1.40 bits per heavy atom. The second-order valence-electron chi connectivity index (χ2n) is 5.01. The van der Waals surface area contributed by atoms with Gasteiger partial charge in [-0.25, -0.2) is 0 Å². The Labute approximate surface area is 93.2 Å². The summed E-state index contributed by atoms with van der Waals surface area (Å²) in [5.41, 5.74) is 0. The van der Waals surface area contributed by atoms with Crippen LogP contribution in [0.4, 0.5) is 0 Å². The van der Waals surface area contributed by atoms with Crippen LogP contribution in [0.15, 0.2) is 0 Å². The molecule has 3 heteroatoms. The molecular formula is C12H24N2O. The van der Waals surface area contributed by atoms with E-state index >= 15 is 0 Å². The second kappa shape index (κ2) is 5.28. The number of likely N-dealkylation sites (tertiary alicyclic amines) is 1. The molecule has 0 aromatic heterocycles. The summed E-state index contributed by atoms with van der Waals surface area (Å²) < 4.78 is 5.59. The lowest BCUT2D eigenvalue weighted by molar-refractivity contribution is 0.0175. The van der Waals surface area contributed by atoms with E-state index in [0.717, 1.165) is 19.3 Å². The minimum Gasteiger partial charge on any atom is -0.381 e. The van der Waals surface area contributed by atoms with E-state index in [1.807, 2.05) is 0 Å². The molecule has 2 heterocycles. The maximum atomic E-state index is 5.59. The fourth-order valence-electron chi connectivity index (χ4n) is 2.92. The normalized spacial score (nSPS) is 38.4. The van der Waals surface area contributed by atoms with Crippen molar-refractivity contribution in [1.82, 2.24) is 10.2 Å². The highest BCUT2D eigenvalue weighted by Crippen LogP contribution is 2.22. The van der Waals surface area contributed by atoms with Gasteiger partial charge in [0.1, 0.15) is 0 Å². The van der Waals surface area contributed by atoms with Gasteiger partial charge in [-0.3, -0.25) is 0 Å². The van der Waals surface area contributed by atoms with Gasteiger partial charge in [0, 0.05) is 31.2 Å². The number of nitrogens with one attached hydrogen (secondary N) is 1. The van der Waals surface area contributed by atoms with Gasteiger partial charge in [0.05, 0.1) is 6.61 Å². The summed E-state index contributed by atoms with van der Waals surface area (Å²) in [4.78, 5) is 2.63. The van der Waals surface area contributed by atoms with Gasteiger partial charge < -0.3 is 15.0 Å². The first kappa shape index (κ1) is 11.4. The van der Waals surface area contributed by atoms with Crippen LogP contribution in [0.1, 0.15) is 26.2 Å². The van der Waals surface area contributed by atoms with Crippen LogP contribution in [0, 0.1) is 5.92 Å². The van der Waals surface area contributed by atoms with E-state index in [9.17, 15) is 0 Å². The van der Waals surface area contributed by atoms with E-state index in [4.69, 9.17) is 4.74 Å². The van der Waals surface area contributed by atoms with Gasteiger partial charge >= 0.3 is 0 Å². The lowest BCUT2D eigenvalue weighted by Crippen LogP contribution is -2.47. The van der Waals surface area contributed by atoms with Crippen LogP contribution >= 0.6 is 0 Å². The molecule has 3 nitrogen and oxygen atoms in total. The van der Waals surface area contributed by atoms with Gasteiger partial charge in [-0.05, 0) is 39.8 Å². The Kier molecular flexibility index (Phi) is 4.00. The Bertz CT molecular complexity index is 198. The highest BCUT2D eigenvalue weighted by molar-refractivity contribution is 4.84. The number of ether oxygens (including phenoxy) is 1. The molecule has 0 aromatic rings. The summed E-state index contributed by atoms with van der Waals surface area (Å²) in [5.74, 6) is 0.685. The van der Waals surface area contributed by atoms with Crippen molar-refractivity contribution in [3.05, 3.63) is 0 Å². The van der Waals surface area contributed by atoms with Crippen LogP contribution < -0.4 is 5.32 Å². The molecule has 2 rings (SSSR count). The molecule has 15 heavy (non-hydrogen) atoms. The van der Waals surface area contributed by atoms with Crippen molar-refractivity contribution in [2.24, 2.45) is 5.92 Å². The standard InChI is InChI=1S/C12H24N2O/c1-10-4-3-6-14(10)8-11-9-15-7-5-12(11)13-2/h10-13H,3-9H2,1-2H3. The van der Waals surface area contributed by atoms with Crippen LogP contribution in [0.2, 0.25) is 0 Å². The first-order valence-corrected chi connectivity index (χ1v) is 6.30. The molecule has 0 aliphatic carbocycles. The Morgan fingerprint density at radius 3 is 2.93 bits per heavy atom. The Morgan fingerprint density at radius 2 is 2.27 bits per heavy atom. The smallest absolute Gasteiger partial charge is 0.0521 e. The summed E-state index contributed by atoms with van der Waals surface area (Å²) in [5, 5.41) is 3.44. The predicted octanol–water partition coefficient (Wildman–Crippen LogP) is 1.10. The molecule has 0 saturated carbocycles. The van der Waals surface area contributed by atoms with Crippen LogP contribution in [0.5, 0.6) is 0 Å². The van der Waals surface area contributed by atoms with Crippen molar-refractivity contribution >= 4 is 0 Å². The maximum Gasteiger partial charge on any atom is 0.0521 e. The Hall–Kier alpha value is -0.120. The van der Waals surface area contributed by atoms with Gasteiger partial charge in [0.25, 0.3) is 0 Å². The SMILES string of the molecule is CNC1CCOCC1CN1CCCC1C. The molecule has 0 radical (unpaired) electrons. The molecule has 2 aliphatic rings. The van der Waals surface area contributed by atoms with Crippen LogP contribution in [0.3, 0.4) is 0 Å². The molecule has 0 bridgehead atoms. The zero-order chi connectivity index (χ0) is 10.7.